The minimum atomic E-state index is -0.559. The van der Waals surface area contributed by atoms with Crippen molar-refractivity contribution in [1.29, 1.82) is 0 Å². The van der Waals surface area contributed by atoms with Crippen molar-refractivity contribution >= 4 is 5.91 Å². The summed E-state index contributed by atoms with van der Waals surface area (Å²) in [6, 6.07) is 11.5. The molecule has 1 N–H and O–H groups in total. The van der Waals surface area contributed by atoms with Gasteiger partial charge in [-0.05, 0) is 75.6 Å². The van der Waals surface area contributed by atoms with Gasteiger partial charge >= 0.3 is 0 Å². The van der Waals surface area contributed by atoms with Gasteiger partial charge in [0.15, 0.2) is 6.10 Å². The Hall–Kier alpha value is -2.69. The van der Waals surface area contributed by atoms with E-state index < -0.39 is 6.10 Å². The maximum absolute atomic E-state index is 13.1. The summed E-state index contributed by atoms with van der Waals surface area (Å²) >= 11 is 0. The largest absolute Gasteiger partial charge is 0.497 e. The van der Waals surface area contributed by atoms with E-state index in [4.69, 9.17) is 14.2 Å². The van der Waals surface area contributed by atoms with Crippen molar-refractivity contribution in [2.24, 2.45) is 0 Å². The van der Waals surface area contributed by atoms with Crippen molar-refractivity contribution in [2.45, 2.75) is 65.2 Å². The zero-order valence-corrected chi connectivity index (χ0v) is 18.2. The molecule has 2 atom stereocenters. The van der Waals surface area contributed by atoms with Crippen molar-refractivity contribution in [3.63, 3.8) is 0 Å². The highest BCUT2D eigenvalue weighted by Gasteiger charge is 2.36. The lowest BCUT2D eigenvalue weighted by Gasteiger charge is -2.38. The van der Waals surface area contributed by atoms with Crippen LogP contribution in [0.4, 0.5) is 0 Å². The van der Waals surface area contributed by atoms with E-state index in [9.17, 15) is 4.79 Å². The number of amides is 1. The Morgan fingerprint density at radius 3 is 2.48 bits per heavy atom. The first-order valence-electron chi connectivity index (χ1n) is 10.1. The van der Waals surface area contributed by atoms with Crippen LogP contribution in [0.15, 0.2) is 36.4 Å². The molecule has 0 aliphatic carbocycles. The zero-order chi connectivity index (χ0) is 21.2. The normalized spacial score (nSPS) is 18.2. The van der Waals surface area contributed by atoms with Gasteiger partial charge in [0.25, 0.3) is 5.91 Å². The number of fused-ring (bicyclic) bond motifs is 1. The number of hydrogen-bond donors (Lipinski definition) is 1. The maximum Gasteiger partial charge on any atom is 0.261 e. The third-order valence-electron chi connectivity index (χ3n) is 5.13. The minimum absolute atomic E-state index is 0.122. The fourth-order valence-corrected chi connectivity index (χ4v) is 3.84. The van der Waals surface area contributed by atoms with Gasteiger partial charge in [0.05, 0.1) is 13.2 Å². The quantitative estimate of drug-likeness (QED) is 0.754. The summed E-state index contributed by atoms with van der Waals surface area (Å²) in [6.45, 7) is 10.1. The van der Waals surface area contributed by atoms with Crippen LogP contribution in [0.1, 0.15) is 56.3 Å². The van der Waals surface area contributed by atoms with Gasteiger partial charge in [-0.1, -0.05) is 13.0 Å². The second-order valence-electron chi connectivity index (χ2n) is 8.37. The van der Waals surface area contributed by atoms with E-state index in [2.05, 4.69) is 11.4 Å². The molecule has 1 amide bonds. The maximum atomic E-state index is 13.1. The summed E-state index contributed by atoms with van der Waals surface area (Å²) < 4.78 is 17.5. The molecule has 0 unspecified atom stereocenters. The molecule has 0 saturated heterocycles. The average molecular weight is 398 g/mol. The summed E-state index contributed by atoms with van der Waals surface area (Å²) in [6.07, 6.45) is 0.686. The summed E-state index contributed by atoms with van der Waals surface area (Å²) in [5.74, 6) is 2.11. The third kappa shape index (κ3) is 5.03. The molecule has 5 heteroatoms. The lowest BCUT2D eigenvalue weighted by atomic mass is 9.89. The topological polar surface area (TPSA) is 56.8 Å². The number of hydrogen-bond acceptors (Lipinski definition) is 4. The fraction of sp³-hybridized carbons (Fsp3) is 0.458. The second kappa shape index (κ2) is 8.36. The Bertz CT molecular complexity index is 870. The Kier molecular flexibility index (Phi) is 6.06. The van der Waals surface area contributed by atoms with Crippen LogP contribution in [-0.4, -0.2) is 24.7 Å². The first-order chi connectivity index (χ1) is 13.7. The Labute approximate surface area is 173 Å². The van der Waals surface area contributed by atoms with Crippen molar-refractivity contribution in [3.05, 3.63) is 53.1 Å². The van der Waals surface area contributed by atoms with Crippen molar-refractivity contribution in [3.8, 4) is 17.2 Å². The van der Waals surface area contributed by atoms with E-state index in [1.165, 1.54) is 0 Å². The van der Waals surface area contributed by atoms with Crippen LogP contribution < -0.4 is 19.5 Å². The van der Waals surface area contributed by atoms with Crippen LogP contribution >= 0.6 is 0 Å². The van der Waals surface area contributed by atoms with Crippen LogP contribution in [0.3, 0.4) is 0 Å². The summed E-state index contributed by atoms with van der Waals surface area (Å²) in [5.41, 5.74) is 2.78. The van der Waals surface area contributed by atoms with Gasteiger partial charge in [-0.3, -0.25) is 4.79 Å². The van der Waals surface area contributed by atoms with E-state index in [1.807, 2.05) is 65.0 Å². The highest BCUT2D eigenvalue weighted by Crippen LogP contribution is 2.41. The fourth-order valence-electron chi connectivity index (χ4n) is 3.84. The molecule has 29 heavy (non-hydrogen) atoms. The Morgan fingerprint density at radius 2 is 1.86 bits per heavy atom. The van der Waals surface area contributed by atoms with Crippen LogP contribution in [-0.2, 0) is 4.79 Å². The SMILES string of the molecule is CC[C@H](Oc1cc(C)cc(C)c1)C(=O)N[C@@H]1CC(C)(C)Oc2ccc(OC)cc21. The van der Waals surface area contributed by atoms with E-state index in [1.54, 1.807) is 7.11 Å². The van der Waals surface area contributed by atoms with Gasteiger partial charge in [0.2, 0.25) is 0 Å². The zero-order valence-electron chi connectivity index (χ0n) is 18.2. The third-order valence-corrected chi connectivity index (χ3v) is 5.13. The van der Waals surface area contributed by atoms with Gasteiger partial charge in [-0.15, -0.1) is 0 Å². The van der Waals surface area contributed by atoms with Crippen LogP contribution in [0.2, 0.25) is 0 Å². The summed E-state index contributed by atoms with van der Waals surface area (Å²) in [7, 11) is 1.63. The number of nitrogens with one attached hydrogen (secondary N) is 1. The highest BCUT2D eigenvalue weighted by molar-refractivity contribution is 5.81. The van der Waals surface area contributed by atoms with Crippen LogP contribution in [0.25, 0.3) is 0 Å². The van der Waals surface area contributed by atoms with Gasteiger partial charge in [-0.2, -0.15) is 0 Å². The molecule has 0 bridgehead atoms. The van der Waals surface area contributed by atoms with Gasteiger partial charge in [0.1, 0.15) is 22.8 Å². The molecule has 0 spiro atoms. The first-order valence-corrected chi connectivity index (χ1v) is 10.1. The number of benzene rings is 2. The molecular formula is C24H31NO4. The lowest BCUT2D eigenvalue weighted by molar-refractivity contribution is -0.129. The molecular weight excluding hydrogens is 366 g/mol. The predicted octanol–water partition coefficient (Wildman–Crippen LogP) is 4.89. The molecule has 5 nitrogen and oxygen atoms in total. The van der Waals surface area contributed by atoms with E-state index in [-0.39, 0.29) is 17.6 Å². The van der Waals surface area contributed by atoms with Crippen LogP contribution in [0.5, 0.6) is 17.2 Å². The number of carbonyl (C=O) groups is 1. The molecule has 1 aliphatic rings. The predicted molar refractivity (Wildman–Crippen MR) is 114 cm³/mol. The molecule has 2 aromatic carbocycles. The van der Waals surface area contributed by atoms with Crippen molar-refractivity contribution in [2.75, 3.05) is 7.11 Å². The number of rotatable bonds is 6. The molecule has 0 fully saturated rings. The molecule has 0 radical (unpaired) electrons. The van der Waals surface area contributed by atoms with E-state index in [0.717, 1.165) is 33.9 Å². The van der Waals surface area contributed by atoms with Gasteiger partial charge in [-0.25, -0.2) is 0 Å². The van der Waals surface area contributed by atoms with Gasteiger partial charge < -0.3 is 19.5 Å². The molecule has 0 saturated carbocycles. The summed E-state index contributed by atoms with van der Waals surface area (Å²) in [5, 5.41) is 3.18. The first kappa shape index (κ1) is 21.0. The van der Waals surface area contributed by atoms with E-state index in [0.29, 0.717) is 12.8 Å². The summed E-state index contributed by atoms with van der Waals surface area (Å²) in [4.78, 5) is 13.1. The monoisotopic (exact) mass is 397 g/mol. The Morgan fingerprint density at radius 1 is 1.17 bits per heavy atom. The lowest BCUT2D eigenvalue weighted by Crippen LogP contribution is -2.45. The number of carbonyl (C=O) groups excluding carboxylic acids is 1. The average Bonchev–Trinajstić information content (AvgIpc) is 2.64. The standard InChI is InChI=1S/C24H31NO4/c1-7-21(28-18-11-15(2)10-16(3)12-18)23(26)25-20-14-24(4,5)29-22-9-8-17(27-6)13-19(20)22/h8-13,20-21H,7,14H2,1-6H3,(H,25,26)/t20-,21+/m1/s1. The van der Waals surface area contributed by atoms with E-state index >= 15 is 0 Å². The molecule has 1 aliphatic heterocycles. The second-order valence-corrected chi connectivity index (χ2v) is 8.37. The number of methoxy groups -OCH3 is 1. The molecule has 3 rings (SSSR count). The molecule has 156 valence electrons. The van der Waals surface area contributed by atoms with Crippen LogP contribution in [0, 0.1) is 13.8 Å². The van der Waals surface area contributed by atoms with Gasteiger partial charge in [0, 0.05) is 12.0 Å². The number of aryl methyl sites for hydroxylation is 2. The molecule has 2 aromatic rings. The Balaban J connectivity index is 1.81. The number of ether oxygens (including phenoxy) is 3. The molecule has 1 heterocycles. The minimum Gasteiger partial charge on any atom is -0.497 e. The van der Waals surface area contributed by atoms with Crippen molar-refractivity contribution < 1.29 is 19.0 Å². The molecule has 0 aromatic heterocycles. The smallest absolute Gasteiger partial charge is 0.261 e. The highest BCUT2D eigenvalue weighted by atomic mass is 16.5. The van der Waals surface area contributed by atoms with Crippen molar-refractivity contribution in [1.82, 2.24) is 5.32 Å².